The van der Waals surface area contributed by atoms with Gasteiger partial charge in [-0.05, 0) is 73.4 Å². The number of benzene rings is 3. The SMILES string of the molecule is C[C@H](C(=O)N1CCCC(NC(=O)c2ccccc2)C1)N1CC[C@@H](NS(=O)(=O)c2ccc3cc(Cl)ccc3c2)C1=O. The molecule has 3 aromatic carbocycles. The van der Waals surface area contributed by atoms with Gasteiger partial charge in [-0.3, -0.25) is 14.4 Å². The molecule has 0 spiro atoms. The van der Waals surface area contributed by atoms with Gasteiger partial charge in [0.1, 0.15) is 12.1 Å². The van der Waals surface area contributed by atoms with E-state index in [-0.39, 0.29) is 35.7 Å². The number of halogens is 1. The Morgan fingerprint density at radius 1 is 0.975 bits per heavy atom. The lowest BCUT2D eigenvalue weighted by atomic mass is 10.0. The Morgan fingerprint density at radius 3 is 2.48 bits per heavy atom. The molecule has 210 valence electrons. The van der Waals surface area contributed by atoms with Crippen LogP contribution in [0.25, 0.3) is 10.8 Å². The van der Waals surface area contributed by atoms with Crippen LogP contribution < -0.4 is 10.0 Å². The third-order valence-electron chi connectivity index (χ3n) is 7.55. The molecule has 3 aromatic rings. The van der Waals surface area contributed by atoms with Crippen molar-refractivity contribution in [2.75, 3.05) is 19.6 Å². The summed E-state index contributed by atoms with van der Waals surface area (Å²) in [6.07, 6.45) is 1.74. The topological polar surface area (TPSA) is 116 Å². The number of fused-ring (bicyclic) bond motifs is 1. The number of piperidine rings is 1. The largest absolute Gasteiger partial charge is 0.348 e. The van der Waals surface area contributed by atoms with E-state index in [1.807, 2.05) is 6.07 Å². The van der Waals surface area contributed by atoms with Crippen molar-refractivity contribution in [2.24, 2.45) is 0 Å². The Hall–Kier alpha value is -3.47. The lowest BCUT2D eigenvalue weighted by Gasteiger charge is -2.36. The number of hydrogen-bond acceptors (Lipinski definition) is 5. The van der Waals surface area contributed by atoms with Crippen molar-refractivity contribution < 1.29 is 22.8 Å². The van der Waals surface area contributed by atoms with Crippen LogP contribution in [0.5, 0.6) is 0 Å². The van der Waals surface area contributed by atoms with Gasteiger partial charge < -0.3 is 15.1 Å². The number of carbonyl (C=O) groups is 3. The van der Waals surface area contributed by atoms with Crippen LogP contribution >= 0.6 is 11.6 Å². The van der Waals surface area contributed by atoms with E-state index in [2.05, 4.69) is 10.0 Å². The third-order valence-corrected chi connectivity index (χ3v) is 9.25. The minimum absolute atomic E-state index is 0.0506. The molecule has 0 radical (unpaired) electrons. The summed E-state index contributed by atoms with van der Waals surface area (Å²) in [5.41, 5.74) is 0.559. The number of carbonyl (C=O) groups excluding carboxylic acids is 3. The molecule has 2 aliphatic heterocycles. The van der Waals surface area contributed by atoms with Crippen LogP contribution in [0.4, 0.5) is 0 Å². The predicted molar refractivity (Wildman–Crippen MR) is 152 cm³/mol. The zero-order chi connectivity index (χ0) is 28.4. The van der Waals surface area contributed by atoms with Crippen LogP contribution in [0.15, 0.2) is 71.6 Å². The Kier molecular flexibility index (Phi) is 8.11. The fourth-order valence-electron chi connectivity index (χ4n) is 5.36. The maximum atomic E-state index is 13.4. The highest BCUT2D eigenvalue weighted by Crippen LogP contribution is 2.24. The van der Waals surface area contributed by atoms with Crippen LogP contribution in [-0.2, 0) is 19.6 Å². The van der Waals surface area contributed by atoms with Crippen LogP contribution in [-0.4, -0.2) is 73.7 Å². The molecule has 40 heavy (non-hydrogen) atoms. The van der Waals surface area contributed by atoms with Gasteiger partial charge in [0.05, 0.1) is 4.90 Å². The molecule has 5 rings (SSSR count). The number of likely N-dealkylation sites (tertiary alicyclic amines) is 2. The van der Waals surface area contributed by atoms with Crippen molar-refractivity contribution in [3.8, 4) is 0 Å². The van der Waals surface area contributed by atoms with Crippen molar-refractivity contribution in [1.82, 2.24) is 19.8 Å². The van der Waals surface area contributed by atoms with E-state index in [9.17, 15) is 22.8 Å². The molecule has 3 amide bonds. The summed E-state index contributed by atoms with van der Waals surface area (Å²) in [4.78, 5) is 42.3. The van der Waals surface area contributed by atoms with Gasteiger partial charge in [-0.15, -0.1) is 0 Å². The van der Waals surface area contributed by atoms with E-state index in [1.165, 1.54) is 11.0 Å². The molecule has 9 nitrogen and oxygen atoms in total. The lowest BCUT2D eigenvalue weighted by Crippen LogP contribution is -2.55. The maximum Gasteiger partial charge on any atom is 0.251 e. The van der Waals surface area contributed by atoms with E-state index in [1.54, 1.807) is 66.4 Å². The molecule has 3 atom stereocenters. The van der Waals surface area contributed by atoms with Gasteiger partial charge >= 0.3 is 0 Å². The molecule has 2 N–H and O–H groups in total. The molecule has 2 aliphatic rings. The third kappa shape index (κ3) is 5.99. The van der Waals surface area contributed by atoms with Crippen molar-refractivity contribution in [2.45, 2.75) is 49.2 Å². The molecular weight excluding hydrogens is 552 g/mol. The molecular formula is C29H31ClN4O5S. The summed E-state index contributed by atoms with van der Waals surface area (Å²) in [7, 11) is -3.98. The number of amides is 3. The first kappa shape index (κ1) is 28.1. The van der Waals surface area contributed by atoms with E-state index in [4.69, 9.17) is 11.6 Å². The molecule has 0 bridgehead atoms. The minimum atomic E-state index is -3.98. The zero-order valence-electron chi connectivity index (χ0n) is 22.0. The Labute approximate surface area is 238 Å². The average Bonchev–Trinajstić information content (AvgIpc) is 3.31. The molecule has 2 saturated heterocycles. The first-order valence-electron chi connectivity index (χ1n) is 13.3. The summed E-state index contributed by atoms with van der Waals surface area (Å²) in [5, 5.41) is 5.08. The molecule has 0 aliphatic carbocycles. The quantitative estimate of drug-likeness (QED) is 0.444. The van der Waals surface area contributed by atoms with Gasteiger partial charge in [0.25, 0.3) is 5.91 Å². The Bertz CT molecular complexity index is 1550. The van der Waals surface area contributed by atoms with Gasteiger partial charge in [-0.2, -0.15) is 4.72 Å². The zero-order valence-corrected chi connectivity index (χ0v) is 23.6. The number of rotatable bonds is 7. The van der Waals surface area contributed by atoms with E-state index in [0.717, 1.165) is 18.2 Å². The monoisotopic (exact) mass is 582 g/mol. The van der Waals surface area contributed by atoms with Crippen LogP contribution in [0, 0.1) is 0 Å². The Balaban J connectivity index is 1.20. The second kappa shape index (κ2) is 11.6. The number of sulfonamides is 1. The summed E-state index contributed by atoms with van der Waals surface area (Å²) < 4.78 is 28.7. The van der Waals surface area contributed by atoms with Crippen LogP contribution in [0.2, 0.25) is 5.02 Å². The van der Waals surface area contributed by atoms with Gasteiger partial charge in [-0.1, -0.05) is 41.9 Å². The summed E-state index contributed by atoms with van der Waals surface area (Å²) in [6, 6.07) is 16.9. The Morgan fingerprint density at radius 2 is 1.70 bits per heavy atom. The van der Waals surface area contributed by atoms with Gasteiger partial charge in [-0.25, -0.2) is 8.42 Å². The molecule has 0 saturated carbocycles. The average molecular weight is 583 g/mol. The fourth-order valence-corrected chi connectivity index (χ4v) is 6.80. The highest BCUT2D eigenvalue weighted by molar-refractivity contribution is 7.89. The van der Waals surface area contributed by atoms with E-state index >= 15 is 0 Å². The van der Waals surface area contributed by atoms with E-state index in [0.29, 0.717) is 29.1 Å². The smallest absolute Gasteiger partial charge is 0.251 e. The first-order valence-corrected chi connectivity index (χ1v) is 15.2. The standard InChI is InChI=1S/C29H31ClN4O5S/c1-19(28(36)33-14-5-8-24(18-33)31-27(35)20-6-3-2-4-7-20)34-15-13-26(29(34)37)32-40(38,39)25-12-10-21-16-23(30)11-9-22(21)17-25/h2-4,6-7,9-12,16-17,19,24,26,32H,5,8,13-15,18H2,1H3,(H,31,35)/t19-,24?,26-/m1/s1. The predicted octanol–water partition coefficient (Wildman–Crippen LogP) is 3.18. The molecule has 1 unspecified atom stereocenters. The van der Waals surface area contributed by atoms with Gasteiger partial charge in [0, 0.05) is 36.3 Å². The van der Waals surface area contributed by atoms with Crippen molar-refractivity contribution in [3.05, 3.63) is 77.3 Å². The van der Waals surface area contributed by atoms with Crippen molar-refractivity contribution in [1.29, 1.82) is 0 Å². The second-order valence-electron chi connectivity index (χ2n) is 10.3. The number of nitrogens with zero attached hydrogens (tertiary/aromatic N) is 2. The van der Waals surface area contributed by atoms with Gasteiger partial charge in [0.15, 0.2) is 0 Å². The molecule has 2 fully saturated rings. The lowest BCUT2D eigenvalue weighted by molar-refractivity contribution is -0.144. The highest BCUT2D eigenvalue weighted by Gasteiger charge is 2.40. The normalized spacial score (nSPS) is 20.5. The summed E-state index contributed by atoms with van der Waals surface area (Å²) >= 11 is 6.02. The molecule has 11 heteroatoms. The number of nitrogens with one attached hydrogen (secondary N) is 2. The first-order chi connectivity index (χ1) is 19.1. The maximum absolute atomic E-state index is 13.4. The van der Waals surface area contributed by atoms with E-state index < -0.39 is 28.0 Å². The number of hydrogen-bond donors (Lipinski definition) is 2. The molecule has 0 aromatic heterocycles. The van der Waals surface area contributed by atoms with Gasteiger partial charge in [0.2, 0.25) is 21.8 Å². The van der Waals surface area contributed by atoms with Crippen LogP contribution in [0.1, 0.15) is 36.5 Å². The van der Waals surface area contributed by atoms with Crippen molar-refractivity contribution >= 4 is 50.1 Å². The van der Waals surface area contributed by atoms with Crippen LogP contribution in [0.3, 0.4) is 0 Å². The molecule has 2 heterocycles. The minimum Gasteiger partial charge on any atom is -0.348 e. The summed E-state index contributed by atoms with van der Waals surface area (Å²) in [5.74, 6) is -0.834. The van der Waals surface area contributed by atoms with Crippen molar-refractivity contribution in [3.63, 3.8) is 0 Å². The summed E-state index contributed by atoms with van der Waals surface area (Å²) in [6.45, 7) is 2.81. The second-order valence-corrected chi connectivity index (χ2v) is 12.4. The highest BCUT2D eigenvalue weighted by atomic mass is 35.5. The fraction of sp³-hybridized carbons (Fsp3) is 0.345.